The fraction of sp³-hybridized carbons (Fsp3) is 0.357. The molecule has 1 aromatic rings. The predicted molar refractivity (Wildman–Crippen MR) is 92.6 cm³/mol. The van der Waals surface area contributed by atoms with Crippen molar-refractivity contribution in [2.75, 3.05) is 19.0 Å². The van der Waals surface area contributed by atoms with Gasteiger partial charge in [-0.15, -0.1) is 30.6 Å². The quantitative estimate of drug-likeness (QED) is 0.253. The van der Waals surface area contributed by atoms with E-state index in [1.54, 1.807) is 7.11 Å². The molecule has 0 amide bonds. The SMILES string of the molecule is C=CCCCCN=C(N)Nc1ccc(OC)cc1.I. The molecule has 0 aromatic heterocycles. The summed E-state index contributed by atoms with van der Waals surface area (Å²) >= 11 is 0. The van der Waals surface area contributed by atoms with Crippen LogP contribution in [0.25, 0.3) is 0 Å². The Labute approximate surface area is 132 Å². The van der Waals surface area contributed by atoms with Gasteiger partial charge in [-0.05, 0) is 43.5 Å². The van der Waals surface area contributed by atoms with Crippen molar-refractivity contribution in [1.29, 1.82) is 0 Å². The van der Waals surface area contributed by atoms with Gasteiger partial charge in [0.1, 0.15) is 5.75 Å². The molecule has 0 radical (unpaired) electrons. The number of aliphatic imine (C=N–C) groups is 1. The summed E-state index contributed by atoms with van der Waals surface area (Å²) in [7, 11) is 1.64. The molecule has 1 rings (SSSR count). The summed E-state index contributed by atoms with van der Waals surface area (Å²) in [6.45, 7) is 4.42. The third kappa shape index (κ3) is 7.71. The van der Waals surface area contributed by atoms with Crippen LogP contribution in [-0.2, 0) is 0 Å². The zero-order valence-corrected chi connectivity index (χ0v) is 13.6. The minimum absolute atomic E-state index is 0. The van der Waals surface area contributed by atoms with Crippen LogP contribution in [0.5, 0.6) is 5.75 Å². The average Bonchev–Trinajstić information content (AvgIpc) is 2.39. The van der Waals surface area contributed by atoms with Crippen LogP contribution in [-0.4, -0.2) is 19.6 Å². The number of allylic oxidation sites excluding steroid dienone is 1. The van der Waals surface area contributed by atoms with Gasteiger partial charge in [-0.2, -0.15) is 0 Å². The molecular weight excluding hydrogens is 353 g/mol. The van der Waals surface area contributed by atoms with Gasteiger partial charge in [0.2, 0.25) is 0 Å². The molecule has 0 aliphatic carbocycles. The van der Waals surface area contributed by atoms with Crippen LogP contribution in [0.15, 0.2) is 41.9 Å². The Hall–Kier alpha value is -1.24. The van der Waals surface area contributed by atoms with Gasteiger partial charge in [0.05, 0.1) is 7.11 Å². The Morgan fingerprint density at radius 2 is 2.05 bits per heavy atom. The number of benzene rings is 1. The number of guanidine groups is 1. The minimum Gasteiger partial charge on any atom is -0.497 e. The summed E-state index contributed by atoms with van der Waals surface area (Å²) in [4.78, 5) is 4.25. The number of nitrogens with one attached hydrogen (secondary N) is 1. The van der Waals surface area contributed by atoms with Gasteiger partial charge in [0.15, 0.2) is 5.96 Å². The van der Waals surface area contributed by atoms with E-state index in [4.69, 9.17) is 10.5 Å². The summed E-state index contributed by atoms with van der Waals surface area (Å²) < 4.78 is 5.08. The molecule has 0 atom stereocenters. The molecule has 0 aliphatic rings. The van der Waals surface area contributed by atoms with E-state index in [2.05, 4.69) is 16.9 Å². The van der Waals surface area contributed by atoms with E-state index < -0.39 is 0 Å². The maximum absolute atomic E-state index is 5.78. The zero-order valence-electron chi connectivity index (χ0n) is 11.3. The fourth-order valence-corrected chi connectivity index (χ4v) is 1.46. The molecule has 19 heavy (non-hydrogen) atoms. The summed E-state index contributed by atoms with van der Waals surface area (Å²) in [5.74, 6) is 1.26. The Bertz CT molecular complexity index is 390. The summed E-state index contributed by atoms with van der Waals surface area (Å²) in [6.07, 6.45) is 5.07. The number of halogens is 1. The molecule has 3 N–H and O–H groups in total. The van der Waals surface area contributed by atoms with E-state index in [9.17, 15) is 0 Å². The molecule has 4 nitrogen and oxygen atoms in total. The third-order valence-corrected chi connectivity index (χ3v) is 2.46. The number of unbranched alkanes of at least 4 members (excludes halogenated alkanes) is 2. The first kappa shape index (κ1) is 17.8. The zero-order chi connectivity index (χ0) is 13.2. The van der Waals surface area contributed by atoms with Crippen molar-refractivity contribution in [3.8, 4) is 5.75 Å². The van der Waals surface area contributed by atoms with Crippen LogP contribution >= 0.6 is 24.0 Å². The average molecular weight is 375 g/mol. The number of hydrogen-bond acceptors (Lipinski definition) is 2. The van der Waals surface area contributed by atoms with Gasteiger partial charge in [-0.3, -0.25) is 4.99 Å². The molecule has 0 saturated carbocycles. The van der Waals surface area contributed by atoms with Crippen molar-refractivity contribution in [3.05, 3.63) is 36.9 Å². The van der Waals surface area contributed by atoms with Gasteiger partial charge in [-0.1, -0.05) is 6.08 Å². The number of methoxy groups -OCH3 is 1. The minimum atomic E-state index is 0. The van der Waals surface area contributed by atoms with Crippen molar-refractivity contribution in [2.24, 2.45) is 10.7 Å². The predicted octanol–water partition coefficient (Wildman–Crippen LogP) is 3.40. The Balaban J connectivity index is 0.00000324. The number of rotatable bonds is 7. The second kappa shape index (κ2) is 10.7. The van der Waals surface area contributed by atoms with Crippen molar-refractivity contribution in [1.82, 2.24) is 0 Å². The van der Waals surface area contributed by atoms with Crippen LogP contribution in [0, 0.1) is 0 Å². The van der Waals surface area contributed by atoms with Crippen LogP contribution in [0.1, 0.15) is 19.3 Å². The molecule has 106 valence electrons. The number of hydrogen-bond donors (Lipinski definition) is 2. The molecule has 0 saturated heterocycles. The van der Waals surface area contributed by atoms with Crippen LogP contribution in [0.3, 0.4) is 0 Å². The smallest absolute Gasteiger partial charge is 0.193 e. The van der Waals surface area contributed by atoms with Crippen molar-refractivity contribution in [2.45, 2.75) is 19.3 Å². The lowest BCUT2D eigenvalue weighted by Crippen LogP contribution is -2.22. The first-order valence-electron chi connectivity index (χ1n) is 6.08. The van der Waals surface area contributed by atoms with Gasteiger partial charge in [0, 0.05) is 12.2 Å². The number of anilines is 1. The lowest BCUT2D eigenvalue weighted by molar-refractivity contribution is 0.415. The fourth-order valence-electron chi connectivity index (χ4n) is 1.46. The monoisotopic (exact) mass is 375 g/mol. The van der Waals surface area contributed by atoms with Crippen molar-refractivity contribution in [3.63, 3.8) is 0 Å². The third-order valence-electron chi connectivity index (χ3n) is 2.46. The van der Waals surface area contributed by atoms with E-state index in [1.165, 1.54) is 0 Å². The van der Waals surface area contributed by atoms with Crippen LogP contribution in [0.4, 0.5) is 5.69 Å². The van der Waals surface area contributed by atoms with Crippen LogP contribution < -0.4 is 15.8 Å². The summed E-state index contributed by atoms with van der Waals surface area (Å²) in [5.41, 5.74) is 6.68. The van der Waals surface area contributed by atoms with Crippen LogP contribution in [0.2, 0.25) is 0 Å². The Kier molecular flexibility index (Phi) is 9.97. The standard InChI is InChI=1S/C14H21N3O.HI/c1-3-4-5-6-11-16-14(15)17-12-7-9-13(18-2)10-8-12;/h3,7-10H,1,4-6,11H2,2H3,(H3,15,16,17);1H. The molecule has 0 spiro atoms. The number of ether oxygens (including phenoxy) is 1. The largest absolute Gasteiger partial charge is 0.497 e. The number of nitrogens with zero attached hydrogens (tertiary/aromatic N) is 1. The highest BCUT2D eigenvalue weighted by Gasteiger charge is 1.95. The molecule has 1 aromatic carbocycles. The van der Waals surface area contributed by atoms with E-state index in [1.807, 2.05) is 30.3 Å². The van der Waals surface area contributed by atoms with Gasteiger partial charge < -0.3 is 15.8 Å². The van der Waals surface area contributed by atoms with E-state index >= 15 is 0 Å². The Morgan fingerprint density at radius 3 is 2.63 bits per heavy atom. The summed E-state index contributed by atoms with van der Waals surface area (Å²) in [6, 6.07) is 7.55. The highest BCUT2D eigenvalue weighted by molar-refractivity contribution is 14.0. The Morgan fingerprint density at radius 1 is 1.37 bits per heavy atom. The van der Waals surface area contributed by atoms with E-state index in [-0.39, 0.29) is 24.0 Å². The van der Waals surface area contributed by atoms with Gasteiger partial charge in [0.25, 0.3) is 0 Å². The normalized spacial score (nSPS) is 10.5. The topological polar surface area (TPSA) is 59.6 Å². The highest BCUT2D eigenvalue weighted by atomic mass is 127. The first-order chi connectivity index (χ1) is 8.76. The second-order valence-corrected chi connectivity index (χ2v) is 3.90. The van der Waals surface area contributed by atoms with E-state index in [0.29, 0.717) is 5.96 Å². The molecule has 5 heteroatoms. The van der Waals surface area contributed by atoms with Crippen molar-refractivity contribution >= 4 is 35.6 Å². The van der Waals surface area contributed by atoms with Gasteiger partial charge >= 0.3 is 0 Å². The molecule has 0 heterocycles. The molecule has 0 aliphatic heterocycles. The molecule has 0 fully saturated rings. The highest BCUT2D eigenvalue weighted by Crippen LogP contribution is 2.14. The maximum atomic E-state index is 5.78. The summed E-state index contributed by atoms with van der Waals surface area (Å²) in [5, 5.41) is 3.04. The number of nitrogens with two attached hydrogens (primary N) is 1. The van der Waals surface area contributed by atoms with Gasteiger partial charge in [-0.25, -0.2) is 0 Å². The van der Waals surface area contributed by atoms with E-state index in [0.717, 1.165) is 37.2 Å². The lowest BCUT2D eigenvalue weighted by atomic mass is 10.2. The lowest BCUT2D eigenvalue weighted by Gasteiger charge is -2.06. The molecule has 0 bridgehead atoms. The molecule has 0 unspecified atom stereocenters. The molecular formula is C14H22IN3O. The van der Waals surface area contributed by atoms with Crippen molar-refractivity contribution < 1.29 is 4.74 Å². The first-order valence-corrected chi connectivity index (χ1v) is 6.08. The maximum Gasteiger partial charge on any atom is 0.193 e. The second-order valence-electron chi connectivity index (χ2n) is 3.90.